The minimum atomic E-state index is 0.0755. The van der Waals surface area contributed by atoms with Gasteiger partial charge in [-0.1, -0.05) is 61.0 Å². The van der Waals surface area contributed by atoms with Crippen LogP contribution in [-0.2, 0) is 11.8 Å². The number of ketones is 1. The second kappa shape index (κ2) is 6.02. The monoisotopic (exact) mass is 345 g/mol. The molecule has 0 amide bonds. The summed E-state index contributed by atoms with van der Waals surface area (Å²) in [4.78, 5) is 12.3. The molecule has 0 aromatic heterocycles. The number of nitrogen functional groups attached to an aromatic ring is 1. The Morgan fingerprint density at radius 2 is 1.71 bits per heavy atom. The van der Waals surface area contributed by atoms with Crippen molar-refractivity contribution >= 4 is 27.4 Å². The van der Waals surface area contributed by atoms with Crippen molar-refractivity contribution in [1.82, 2.24) is 0 Å². The van der Waals surface area contributed by atoms with Gasteiger partial charge in [-0.05, 0) is 34.7 Å². The minimum absolute atomic E-state index is 0.0755. The maximum Gasteiger partial charge on any atom is 0.167 e. The number of carbonyl (C=O) groups is 1. The molecule has 0 atom stereocenters. The van der Waals surface area contributed by atoms with Gasteiger partial charge in [-0.3, -0.25) is 4.79 Å². The van der Waals surface area contributed by atoms with Crippen molar-refractivity contribution in [3.05, 3.63) is 63.6 Å². The highest BCUT2D eigenvalue weighted by Gasteiger charge is 2.14. The summed E-state index contributed by atoms with van der Waals surface area (Å²) in [5.74, 6) is 0.0755. The molecule has 0 aliphatic heterocycles. The molecule has 0 saturated heterocycles. The van der Waals surface area contributed by atoms with Crippen molar-refractivity contribution in [2.75, 3.05) is 5.73 Å². The molecule has 0 radical (unpaired) electrons. The summed E-state index contributed by atoms with van der Waals surface area (Å²) in [6.45, 7) is 6.53. The fourth-order valence-corrected chi connectivity index (χ4v) is 2.69. The highest BCUT2D eigenvalue weighted by Crippen LogP contribution is 2.23. The normalized spacial score (nSPS) is 11.4. The number of hydrogen-bond acceptors (Lipinski definition) is 2. The highest BCUT2D eigenvalue weighted by molar-refractivity contribution is 9.10. The SMILES string of the molecule is CC(C)(C)c1ccc(CC(=O)c2cc(N)cc(Br)c2)cc1. The van der Waals surface area contributed by atoms with Crippen LogP contribution >= 0.6 is 15.9 Å². The number of hydrogen-bond donors (Lipinski definition) is 1. The molecule has 21 heavy (non-hydrogen) atoms. The predicted molar refractivity (Wildman–Crippen MR) is 91.7 cm³/mol. The van der Waals surface area contributed by atoms with E-state index in [0.717, 1.165) is 10.0 Å². The van der Waals surface area contributed by atoms with Crippen molar-refractivity contribution in [3.63, 3.8) is 0 Å². The van der Waals surface area contributed by atoms with Gasteiger partial charge in [0.1, 0.15) is 0 Å². The molecular formula is C18H20BrNO. The van der Waals surface area contributed by atoms with Gasteiger partial charge < -0.3 is 5.73 Å². The zero-order chi connectivity index (χ0) is 15.6. The van der Waals surface area contributed by atoms with Crippen LogP contribution in [0.3, 0.4) is 0 Å². The van der Waals surface area contributed by atoms with E-state index in [1.165, 1.54) is 5.56 Å². The van der Waals surface area contributed by atoms with Crippen molar-refractivity contribution in [2.24, 2.45) is 0 Å². The Bertz CT molecular complexity index is 634. The Kier molecular flexibility index (Phi) is 4.52. The summed E-state index contributed by atoms with van der Waals surface area (Å²) < 4.78 is 0.828. The molecule has 110 valence electrons. The average Bonchev–Trinajstić information content (AvgIpc) is 2.37. The number of rotatable bonds is 3. The van der Waals surface area contributed by atoms with Crippen LogP contribution in [-0.4, -0.2) is 5.78 Å². The molecular weight excluding hydrogens is 326 g/mol. The third-order valence-corrected chi connectivity index (χ3v) is 3.88. The van der Waals surface area contributed by atoms with E-state index < -0.39 is 0 Å². The lowest BCUT2D eigenvalue weighted by Crippen LogP contribution is -2.11. The first-order chi connectivity index (χ1) is 9.75. The lowest BCUT2D eigenvalue weighted by Gasteiger charge is -2.19. The average molecular weight is 346 g/mol. The van der Waals surface area contributed by atoms with E-state index in [1.54, 1.807) is 12.1 Å². The fraction of sp³-hybridized carbons (Fsp3) is 0.278. The van der Waals surface area contributed by atoms with E-state index in [9.17, 15) is 4.79 Å². The Hall–Kier alpha value is -1.61. The zero-order valence-corrected chi connectivity index (χ0v) is 14.2. The van der Waals surface area contributed by atoms with E-state index in [2.05, 4.69) is 48.8 Å². The molecule has 0 bridgehead atoms. The zero-order valence-electron chi connectivity index (χ0n) is 12.6. The molecule has 0 unspecified atom stereocenters. The second-order valence-corrected chi connectivity index (χ2v) is 7.24. The molecule has 2 aromatic carbocycles. The molecule has 0 aliphatic carbocycles. The molecule has 2 aromatic rings. The van der Waals surface area contributed by atoms with Gasteiger partial charge in [0, 0.05) is 22.1 Å². The van der Waals surface area contributed by atoms with Crippen molar-refractivity contribution in [2.45, 2.75) is 32.6 Å². The molecule has 2 rings (SSSR count). The summed E-state index contributed by atoms with van der Waals surface area (Å²) in [7, 11) is 0. The van der Waals surface area contributed by atoms with Crippen LogP contribution < -0.4 is 5.73 Å². The molecule has 0 spiro atoms. The van der Waals surface area contributed by atoms with Gasteiger partial charge in [0.05, 0.1) is 0 Å². The van der Waals surface area contributed by atoms with E-state index in [-0.39, 0.29) is 11.2 Å². The van der Waals surface area contributed by atoms with E-state index in [0.29, 0.717) is 17.7 Å². The summed E-state index contributed by atoms with van der Waals surface area (Å²) in [5, 5.41) is 0. The highest BCUT2D eigenvalue weighted by atomic mass is 79.9. The van der Waals surface area contributed by atoms with Gasteiger partial charge >= 0.3 is 0 Å². The second-order valence-electron chi connectivity index (χ2n) is 6.32. The van der Waals surface area contributed by atoms with Gasteiger partial charge in [0.25, 0.3) is 0 Å². The van der Waals surface area contributed by atoms with Crippen LogP contribution in [0.25, 0.3) is 0 Å². The summed E-state index contributed by atoms with van der Waals surface area (Å²) in [6, 6.07) is 13.6. The lowest BCUT2D eigenvalue weighted by molar-refractivity contribution is 0.0993. The van der Waals surface area contributed by atoms with Gasteiger partial charge in [-0.15, -0.1) is 0 Å². The molecule has 0 fully saturated rings. The van der Waals surface area contributed by atoms with Gasteiger partial charge in [0.15, 0.2) is 5.78 Å². The summed E-state index contributed by atoms with van der Waals surface area (Å²) >= 11 is 3.37. The van der Waals surface area contributed by atoms with Crippen LogP contribution in [0.2, 0.25) is 0 Å². The smallest absolute Gasteiger partial charge is 0.167 e. The van der Waals surface area contributed by atoms with Gasteiger partial charge in [-0.25, -0.2) is 0 Å². The number of carbonyl (C=O) groups excluding carboxylic acids is 1. The summed E-state index contributed by atoms with van der Waals surface area (Å²) in [5.41, 5.74) is 9.43. The van der Waals surface area contributed by atoms with Crippen molar-refractivity contribution in [1.29, 1.82) is 0 Å². The van der Waals surface area contributed by atoms with Gasteiger partial charge in [0.2, 0.25) is 0 Å². The van der Waals surface area contributed by atoms with Crippen LogP contribution in [0.4, 0.5) is 5.69 Å². The number of nitrogens with two attached hydrogens (primary N) is 1. The molecule has 2 N–H and O–H groups in total. The van der Waals surface area contributed by atoms with Gasteiger partial charge in [-0.2, -0.15) is 0 Å². The van der Waals surface area contributed by atoms with Crippen LogP contribution in [0.1, 0.15) is 42.3 Å². The Morgan fingerprint density at radius 1 is 1.10 bits per heavy atom. The third-order valence-electron chi connectivity index (χ3n) is 3.43. The first kappa shape index (κ1) is 15.8. The molecule has 2 nitrogen and oxygen atoms in total. The van der Waals surface area contributed by atoms with Crippen LogP contribution in [0.5, 0.6) is 0 Å². The Balaban J connectivity index is 2.16. The van der Waals surface area contributed by atoms with Crippen molar-refractivity contribution in [3.8, 4) is 0 Å². The quantitative estimate of drug-likeness (QED) is 0.644. The van der Waals surface area contributed by atoms with E-state index >= 15 is 0 Å². The fourth-order valence-electron chi connectivity index (χ4n) is 2.18. The molecule has 0 heterocycles. The lowest BCUT2D eigenvalue weighted by atomic mass is 9.86. The predicted octanol–water partition coefficient (Wildman–Crippen LogP) is 4.75. The third kappa shape index (κ3) is 4.18. The maximum absolute atomic E-state index is 12.3. The Morgan fingerprint density at radius 3 is 2.24 bits per heavy atom. The Labute approximate surface area is 134 Å². The molecule has 3 heteroatoms. The largest absolute Gasteiger partial charge is 0.399 e. The topological polar surface area (TPSA) is 43.1 Å². The number of halogens is 1. The molecule has 0 saturated carbocycles. The molecule has 0 aliphatic rings. The van der Waals surface area contributed by atoms with Crippen LogP contribution in [0, 0.1) is 0 Å². The number of benzene rings is 2. The van der Waals surface area contributed by atoms with E-state index in [1.807, 2.05) is 18.2 Å². The standard InChI is InChI=1S/C18H20BrNO/c1-18(2,3)14-6-4-12(5-7-14)8-17(21)13-9-15(19)11-16(20)10-13/h4-7,9-11H,8,20H2,1-3H3. The number of anilines is 1. The van der Waals surface area contributed by atoms with Crippen LogP contribution in [0.15, 0.2) is 46.9 Å². The van der Waals surface area contributed by atoms with Crippen molar-refractivity contribution < 1.29 is 4.79 Å². The first-order valence-corrected chi connectivity index (χ1v) is 7.74. The van der Waals surface area contributed by atoms with E-state index in [4.69, 9.17) is 5.73 Å². The summed E-state index contributed by atoms with van der Waals surface area (Å²) in [6.07, 6.45) is 0.389. The maximum atomic E-state index is 12.3. The first-order valence-electron chi connectivity index (χ1n) is 6.94. The number of Topliss-reactive ketones (excluding diaryl/α,β-unsaturated/α-hetero) is 1. The minimum Gasteiger partial charge on any atom is -0.399 e.